The molecule has 0 aromatic carbocycles. The lowest BCUT2D eigenvalue weighted by molar-refractivity contribution is 0.413. The van der Waals surface area contributed by atoms with E-state index >= 15 is 0 Å². The van der Waals surface area contributed by atoms with E-state index in [0.717, 1.165) is 17.5 Å². The summed E-state index contributed by atoms with van der Waals surface area (Å²) < 4.78 is 0. The molecule has 0 heterocycles. The summed E-state index contributed by atoms with van der Waals surface area (Å²) >= 11 is 0. The van der Waals surface area contributed by atoms with E-state index in [2.05, 4.69) is 10.2 Å². The van der Waals surface area contributed by atoms with Crippen LogP contribution in [0.2, 0.25) is 0 Å². The minimum Gasteiger partial charge on any atom is -0.369 e. The molecule has 3 unspecified atom stereocenters. The first kappa shape index (κ1) is 9.49. The standard InChI is InChI=1S/C10H18N4/c1-6(13-14-10(11)12)9-5-7-2-3-8(9)4-7/h7-9H,2-5H2,1H3,(H4,11,12,14)/b13-6+. The normalized spacial score (nSPS) is 36.1. The monoisotopic (exact) mass is 194 g/mol. The van der Waals surface area contributed by atoms with Gasteiger partial charge in [0.25, 0.3) is 0 Å². The zero-order chi connectivity index (χ0) is 10.1. The molecule has 4 heteroatoms. The molecule has 2 saturated carbocycles. The fraction of sp³-hybridized carbons (Fsp3) is 0.800. The Kier molecular flexibility index (Phi) is 2.44. The number of nitrogens with two attached hydrogens (primary N) is 2. The van der Waals surface area contributed by atoms with Gasteiger partial charge < -0.3 is 11.5 Å². The molecule has 0 aromatic heterocycles. The van der Waals surface area contributed by atoms with Gasteiger partial charge in [0.2, 0.25) is 5.96 Å². The van der Waals surface area contributed by atoms with Crippen LogP contribution in [0.3, 0.4) is 0 Å². The molecular weight excluding hydrogens is 176 g/mol. The number of rotatable bonds is 2. The molecule has 0 spiro atoms. The smallest absolute Gasteiger partial charge is 0.211 e. The van der Waals surface area contributed by atoms with Gasteiger partial charge in [-0.15, -0.1) is 5.10 Å². The third-order valence-electron chi connectivity index (χ3n) is 3.60. The molecule has 0 aliphatic heterocycles. The predicted octanol–water partition coefficient (Wildman–Crippen LogP) is 1.07. The van der Waals surface area contributed by atoms with Crippen LogP contribution in [-0.4, -0.2) is 11.7 Å². The van der Waals surface area contributed by atoms with Crippen molar-refractivity contribution in [3.05, 3.63) is 0 Å². The molecule has 14 heavy (non-hydrogen) atoms. The Labute approximate surface area is 84.5 Å². The maximum atomic E-state index is 5.24. The summed E-state index contributed by atoms with van der Waals surface area (Å²) in [6, 6.07) is 0. The van der Waals surface area contributed by atoms with Crippen LogP contribution in [-0.2, 0) is 0 Å². The quantitative estimate of drug-likeness (QED) is 0.392. The highest BCUT2D eigenvalue weighted by atomic mass is 15.3. The van der Waals surface area contributed by atoms with Crippen molar-refractivity contribution in [2.75, 3.05) is 0 Å². The van der Waals surface area contributed by atoms with E-state index in [4.69, 9.17) is 11.5 Å². The van der Waals surface area contributed by atoms with Crippen LogP contribution >= 0.6 is 0 Å². The summed E-state index contributed by atoms with van der Waals surface area (Å²) in [6.07, 6.45) is 5.46. The molecule has 2 rings (SSSR count). The van der Waals surface area contributed by atoms with Crippen LogP contribution in [0.4, 0.5) is 0 Å². The molecular formula is C10H18N4. The maximum absolute atomic E-state index is 5.24. The summed E-state index contributed by atoms with van der Waals surface area (Å²) in [5.74, 6) is 2.47. The van der Waals surface area contributed by atoms with E-state index in [9.17, 15) is 0 Å². The molecule has 0 amide bonds. The summed E-state index contributed by atoms with van der Waals surface area (Å²) in [5.41, 5.74) is 11.6. The molecule has 4 nitrogen and oxygen atoms in total. The van der Waals surface area contributed by atoms with Crippen molar-refractivity contribution in [2.45, 2.75) is 32.6 Å². The molecule has 4 N–H and O–H groups in total. The topological polar surface area (TPSA) is 76.8 Å². The van der Waals surface area contributed by atoms with Crippen LogP contribution in [0, 0.1) is 17.8 Å². The minimum absolute atomic E-state index is 0.0486. The highest BCUT2D eigenvalue weighted by Crippen LogP contribution is 2.48. The Balaban J connectivity index is 2.02. The summed E-state index contributed by atoms with van der Waals surface area (Å²) in [5, 5.41) is 7.79. The van der Waals surface area contributed by atoms with Gasteiger partial charge in [0.15, 0.2) is 0 Å². The SMILES string of the molecule is C/C(=N\N=C(N)N)C1CC2CCC1C2. The number of hydrogen-bond donors (Lipinski definition) is 2. The number of nitrogens with zero attached hydrogens (tertiary/aromatic N) is 2. The van der Waals surface area contributed by atoms with E-state index in [0.29, 0.717) is 5.92 Å². The zero-order valence-corrected chi connectivity index (χ0v) is 8.61. The molecule has 0 aromatic rings. The summed E-state index contributed by atoms with van der Waals surface area (Å²) in [4.78, 5) is 0. The molecule has 3 atom stereocenters. The number of guanidine groups is 1. The summed E-state index contributed by atoms with van der Waals surface area (Å²) in [6.45, 7) is 2.04. The zero-order valence-electron chi connectivity index (χ0n) is 8.61. The second-order valence-electron chi connectivity index (χ2n) is 4.55. The largest absolute Gasteiger partial charge is 0.369 e. The van der Waals surface area contributed by atoms with Crippen molar-refractivity contribution in [1.29, 1.82) is 0 Å². The molecule has 2 aliphatic rings. The van der Waals surface area contributed by atoms with E-state index in [1.54, 1.807) is 0 Å². The van der Waals surface area contributed by atoms with Gasteiger partial charge in [0, 0.05) is 11.6 Å². The van der Waals surface area contributed by atoms with Crippen molar-refractivity contribution < 1.29 is 0 Å². The van der Waals surface area contributed by atoms with Crippen molar-refractivity contribution in [3.8, 4) is 0 Å². The van der Waals surface area contributed by atoms with Gasteiger partial charge in [-0.25, -0.2) is 0 Å². The van der Waals surface area contributed by atoms with Crippen LogP contribution < -0.4 is 11.5 Å². The Hall–Kier alpha value is -1.06. The van der Waals surface area contributed by atoms with Gasteiger partial charge in [0.05, 0.1) is 0 Å². The Bertz CT molecular complexity index is 278. The Morgan fingerprint density at radius 2 is 1.93 bits per heavy atom. The first-order valence-corrected chi connectivity index (χ1v) is 5.30. The fourth-order valence-electron chi connectivity index (χ4n) is 2.97. The Morgan fingerprint density at radius 3 is 2.43 bits per heavy atom. The summed E-state index contributed by atoms with van der Waals surface area (Å²) in [7, 11) is 0. The molecule has 78 valence electrons. The highest BCUT2D eigenvalue weighted by molar-refractivity contribution is 5.86. The third-order valence-corrected chi connectivity index (χ3v) is 3.60. The van der Waals surface area contributed by atoms with Gasteiger partial charge in [-0.1, -0.05) is 6.42 Å². The van der Waals surface area contributed by atoms with Gasteiger partial charge in [0.1, 0.15) is 0 Å². The second kappa shape index (κ2) is 3.59. The molecule has 2 fully saturated rings. The lowest BCUT2D eigenvalue weighted by atomic mass is 9.86. The van der Waals surface area contributed by atoms with Gasteiger partial charge in [-0.3, -0.25) is 0 Å². The number of hydrogen-bond acceptors (Lipinski definition) is 2. The molecule has 2 aliphatic carbocycles. The van der Waals surface area contributed by atoms with Gasteiger partial charge in [-0.05, 0) is 38.0 Å². The maximum Gasteiger partial charge on any atom is 0.211 e. The third kappa shape index (κ3) is 1.74. The molecule has 0 saturated heterocycles. The molecule has 2 bridgehead atoms. The lowest BCUT2D eigenvalue weighted by Gasteiger charge is -2.20. The van der Waals surface area contributed by atoms with E-state index < -0.39 is 0 Å². The average Bonchev–Trinajstić information content (AvgIpc) is 2.74. The minimum atomic E-state index is 0.0486. The van der Waals surface area contributed by atoms with Gasteiger partial charge in [-0.2, -0.15) is 5.10 Å². The second-order valence-corrected chi connectivity index (χ2v) is 4.55. The predicted molar refractivity (Wildman–Crippen MR) is 57.9 cm³/mol. The van der Waals surface area contributed by atoms with Crippen molar-refractivity contribution >= 4 is 11.7 Å². The van der Waals surface area contributed by atoms with E-state index in [1.165, 1.54) is 25.7 Å². The highest BCUT2D eigenvalue weighted by Gasteiger charge is 2.40. The van der Waals surface area contributed by atoms with Crippen LogP contribution in [0.15, 0.2) is 10.2 Å². The van der Waals surface area contributed by atoms with Gasteiger partial charge >= 0.3 is 0 Å². The van der Waals surface area contributed by atoms with Crippen molar-refractivity contribution in [1.82, 2.24) is 0 Å². The van der Waals surface area contributed by atoms with Crippen molar-refractivity contribution in [2.24, 2.45) is 39.4 Å². The lowest BCUT2D eigenvalue weighted by Crippen LogP contribution is -2.23. The Morgan fingerprint density at radius 1 is 1.14 bits per heavy atom. The van der Waals surface area contributed by atoms with E-state index in [-0.39, 0.29) is 5.96 Å². The van der Waals surface area contributed by atoms with Crippen LogP contribution in [0.1, 0.15) is 32.6 Å². The fourth-order valence-corrected chi connectivity index (χ4v) is 2.97. The van der Waals surface area contributed by atoms with E-state index in [1.807, 2.05) is 6.92 Å². The first-order chi connectivity index (χ1) is 6.66. The number of fused-ring (bicyclic) bond motifs is 2. The van der Waals surface area contributed by atoms with Crippen molar-refractivity contribution in [3.63, 3.8) is 0 Å². The average molecular weight is 194 g/mol. The van der Waals surface area contributed by atoms with Crippen LogP contribution in [0.5, 0.6) is 0 Å². The first-order valence-electron chi connectivity index (χ1n) is 5.30. The van der Waals surface area contributed by atoms with Crippen LogP contribution in [0.25, 0.3) is 0 Å². The molecule has 0 radical (unpaired) electrons.